The summed E-state index contributed by atoms with van der Waals surface area (Å²) < 4.78 is 12.6. The lowest BCUT2D eigenvalue weighted by Crippen LogP contribution is -2.25. The third kappa shape index (κ3) is 3.34. The van der Waals surface area contributed by atoms with Gasteiger partial charge in [-0.05, 0) is 19.4 Å². The number of hydrogen-bond acceptors (Lipinski definition) is 5. The number of pyridine rings is 1. The van der Waals surface area contributed by atoms with Crippen LogP contribution in [0.5, 0.6) is 5.88 Å². The molecule has 0 aromatic carbocycles. The number of nitrogens with zero attached hydrogens (tertiary/aromatic N) is 3. The molecule has 1 N–H and O–H groups in total. The van der Waals surface area contributed by atoms with Crippen molar-refractivity contribution in [1.82, 2.24) is 14.8 Å². The Morgan fingerprint density at radius 2 is 2.35 bits per heavy atom. The summed E-state index contributed by atoms with van der Waals surface area (Å²) in [4.78, 5) is 16.6. The molecule has 122 valence electrons. The summed E-state index contributed by atoms with van der Waals surface area (Å²) in [6.07, 6.45) is 5.73. The van der Waals surface area contributed by atoms with Crippen LogP contribution in [0.1, 0.15) is 25.0 Å². The molecule has 23 heavy (non-hydrogen) atoms. The quantitative estimate of drug-likeness (QED) is 0.913. The highest BCUT2D eigenvalue weighted by Crippen LogP contribution is 2.35. The molecule has 3 rings (SSSR count). The van der Waals surface area contributed by atoms with E-state index in [0.29, 0.717) is 24.6 Å². The molecule has 0 unspecified atom stereocenters. The Bertz CT molecular complexity index is 668. The molecular weight excluding hydrogens is 296 g/mol. The van der Waals surface area contributed by atoms with E-state index in [1.807, 2.05) is 17.8 Å². The standard InChI is InChI=1S/C16H20N4O3/c1-3-20-10-11(8-18-20)15-13(6-7-23-15)16(21)19-12-4-5-14(22-2)17-9-12/h4-5,8-10,13,15H,3,6-7H2,1-2H3,(H,19,21)/t13-,15+/m0/s1. The fraction of sp³-hybridized carbons (Fsp3) is 0.438. The van der Waals surface area contributed by atoms with Crippen molar-refractivity contribution in [1.29, 1.82) is 0 Å². The van der Waals surface area contributed by atoms with E-state index < -0.39 is 0 Å². The maximum atomic E-state index is 12.6. The van der Waals surface area contributed by atoms with Gasteiger partial charge in [-0.3, -0.25) is 9.48 Å². The van der Waals surface area contributed by atoms with Gasteiger partial charge in [0.1, 0.15) is 0 Å². The van der Waals surface area contributed by atoms with Gasteiger partial charge in [0, 0.05) is 31.0 Å². The topological polar surface area (TPSA) is 78.3 Å². The van der Waals surface area contributed by atoms with Gasteiger partial charge in [0.2, 0.25) is 11.8 Å². The Morgan fingerprint density at radius 3 is 3.00 bits per heavy atom. The Balaban J connectivity index is 1.69. The predicted octanol–water partition coefficient (Wildman–Crippen LogP) is 2.02. The molecule has 3 heterocycles. The number of amides is 1. The van der Waals surface area contributed by atoms with E-state index in [4.69, 9.17) is 9.47 Å². The van der Waals surface area contributed by atoms with Crippen LogP contribution in [0.4, 0.5) is 5.69 Å². The Morgan fingerprint density at radius 1 is 1.48 bits per heavy atom. The van der Waals surface area contributed by atoms with Crippen LogP contribution in [0, 0.1) is 5.92 Å². The third-order valence-corrected chi connectivity index (χ3v) is 3.95. The molecule has 0 radical (unpaired) electrons. The van der Waals surface area contributed by atoms with E-state index in [0.717, 1.165) is 12.1 Å². The van der Waals surface area contributed by atoms with E-state index >= 15 is 0 Å². The zero-order chi connectivity index (χ0) is 16.2. The first kappa shape index (κ1) is 15.5. The monoisotopic (exact) mass is 316 g/mol. The largest absolute Gasteiger partial charge is 0.481 e. The molecule has 1 saturated heterocycles. The minimum absolute atomic E-state index is 0.0660. The predicted molar refractivity (Wildman–Crippen MR) is 84.1 cm³/mol. The number of aryl methyl sites for hydroxylation is 1. The summed E-state index contributed by atoms with van der Waals surface area (Å²) in [6.45, 7) is 3.38. The molecule has 1 amide bonds. The molecule has 2 aromatic rings. The second-order valence-corrected chi connectivity index (χ2v) is 5.39. The van der Waals surface area contributed by atoms with Crippen LogP contribution in [0.3, 0.4) is 0 Å². The van der Waals surface area contributed by atoms with Crippen LogP contribution < -0.4 is 10.1 Å². The van der Waals surface area contributed by atoms with E-state index in [2.05, 4.69) is 15.4 Å². The van der Waals surface area contributed by atoms with E-state index in [-0.39, 0.29) is 17.9 Å². The third-order valence-electron chi connectivity index (χ3n) is 3.95. The molecule has 1 fully saturated rings. The Labute approximate surface area is 134 Å². The second kappa shape index (κ2) is 6.78. The molecule has 2 aromatic heterocycles. The number of rotatable bonds is 5. The number of aromatic nitrogens is 3. The maximum Gasteiger partial charge on any atom is 0.230 e. The zero-order valence-corrected chi connectivity index (χ0v) is 13.2. The number of nitrogens with one attached hydrogen (secondary N) is 1. The van der Waals surface area contributed by atoms with Crippen LogP contribution in [0.25, 0.3) is 0 Å². The number of ether oxygens (including phenoxy) is 2. The van der Waals surface area contributed by atoms with E-state index in [1.165, 1.54) is 0 Å². The maximum absolute atomic E-state index is 12.6. The summed E-state index contributed by atoms with van der Waals surface area (Å²) >= 11 is 0. The van der Waals surface area contributed by atoms with Gasteiger partial charge in [-0.25, -0.2) is 4.98 Å². The molecular formula is C16H20N4O3. The van der Waals surface area contributed by atoms with Gasteiger partial charge in [-0.15, -0.1) is 0 Å². The summed E-state index contributed by atoms with van der Waals surface area (Å²) in [5.41, 5.74) is 1.59. The molecule has 1 aliphatic rings. The van der Waals surface area contributed by atoms with Crippen molar-refractivity contribution >= 4 is 11.6 Å². The summed E-state index contributed by atoms with van der Waals surface area (Å²) in [6, 6.07) is 3.48. The first-order chi connectivity index (χ1) is 11.2. The molecule has 2 atom stereocenters. The van der Waals surface area contributed by atoms with Crippen molar-refractivity contribution in [2.75, 3.05) is 19.0 Å². The van der Waals surface area contributed by atoms with Crippen molar-refractivity contribution in [3.63, 3.8) is 0 Å². The lowest BCUT2D eigenvalue weighted by Gasteiger charge is -2.17. The van der Waals surface area contributed by atoms with Gasteiger partial charge in [0.25, 0.3) is 0 Å². The van der Waals surface area contributed by atoms with Gasteiger partial charge < -0.3 is 14.8 Å². The van der Waals surface area contributed by atoms with Crippen molar-refractivity contribution in [2.24, 2.45) is 5.92 Å². The summed E-state index contributed by atoms with van der Waals surface area (Å²) in [5.74, 6) is 0.215. The molecule has 7 heteroatoms. The van der Waals surface area contributed by atoms with Crippen LogP contribution in [-0.2, 0) is 16.1 Å². The molecule has 0 spiro atoms. The second-order valence-electron chi connectivity index (χ2n) is 5.39. The number of anilines is 1. The van der Waals surface area contributed by atoms with Crippen molar-refractivity contribution in [3.05, 3.63) is 36.3 Å². The molecule has 1 aliphatic heterocycles. The average Bonchev–Trinajstić information content (AvgIpc) is 3.24. The fourth-order valence-corrected chi connectivity index (χ4v) is 2.70. The normalized spacial score (nSPS) is 20.4. The number of methoxy groups -OCH3 is 1. The van der Waals surface area contributed by atoms with Crippen molar-refractivity contribution < 1.29 is 14.3 Å². The lowest BCUT2D eigenvalue weighted by atomic mass is 9.96. The molecule has 7 nitrogen and oxygen atoms in total. The van der Waals surface area contributed by atoms with Crippen molar-refractivity contribution in [2.45, 2.75) is 26.0 Å². The van der Waals surface area contributed by atoms with E-state index in [9.17, 15) is 4.79 Å². The van der Waals surface area contributed by atoms with Gasteiger partial charge in [0.15, 0.2) is 0 Å². The molecule has 0 saturated carbocycles. The highest BCUT2D eigenvalue weighted by Gasteiger charge is 2.36. The highest BCUT2D eigenvalue weighted by molar-refractivity contribution is 5.93. The highest BCUT2D eigenvalue weighted by atomic mass is 16.5. The Hall–Kier alpha value is -2.41. The van der Waals surface area contributed by atoms with Gasteiger partial charge >= 0.3 is 0 Å². The molecule has 0 aliphatic carbocycles. The van der Waals surface area contributed by atoms with Gasteiger partial charge in [-0.2, -0.15) is 5.10 Å². The number of carbonyl (C=O) groups excluding carboxylic acids is 1. The van der Waals surface area contributed by atoms with Crippen LogP contribution in [-0.4, -0.2) is 34.4 Å². The van der Waals surface area contributed by atoms with E-state index in [1.54, 1.807) is 31.6 Å². The number of carbonyl (C=O) groups is 1. The average molecular weight is 316 g/mol. The minimum Gasteiger partial charge on any atom is -0.481 e. The van der Waals surface area contributed by atoms with Crippen LogP contribution >= 0.6 is 0 Å². The SMILES string of the molecule is CCn1cc([C@H]2OCC[C@@H]2C(=O)Nc2ccc(OC)nc2)cn1. The summed E-state index contributed by atoms with van der Waals surface area (Å²) in [5, 5.41) is 7.15. The summed E-state index contributed by atoms with van der Waals surface area (Å²) in [7, 11) is 1.55. The van der Waals surface area contributed by atoms with Crippen LogP contribution in [0.15, 0.2) is 30.7 Å². The van der Waals surface area contributed by atoms with Crippen molar-refractivity contribution in [3.8, 4) is 5.88 Å². The smallest absolute Gasteiger partial charge is 0.230 e. The van der Waals surface area contributed by atoms with Gasteiger partial charge in [0.05, 0.1) is 37.2 Å². The lowest BCUT2D eigenvalue weighted by molar-refractivity contribution is -0.121. The minimum atomic E-state index is -0.249. The van der Waals surface area contributed by atoms with Crippen LogP contribution in [0.2, 0.25) is 0 Å². The molecule has 0 bridgehead atoms. The number of hydrogen-bond donors (Lipinski definition) is 1. The first-order valence-electron chi connectivity index (χ1n) is 7.66. The fourth-order valence-electron chi connectivity index (χ4n) is 2.70. The zero-order valence-electron chi connectivity index (χ0n) is 13.2. The van der Waals surface area contributed by atoms with Gasteiger partial charge in [-0.1, -0.05) is 0 Å². The Kier molecular flexibility index (Phi) is 4.57. The first-order valence-corrected chi connectivity index (χ1v) is 7.66.